The summed E-state index contributed by atoms with van der Waals surface area (Å²) in [4.78, 5) is 21.1. The van der Waals surface area contributed by atoms with E-state index in [2.05, 4.69) is 20.6 Å². The largest absolute Gasteiger partial charge is 0.462 e. The number of aliphatic imine (C=N–C) groups is 1. The summed E-state index contributed by atoms with van der Waals surface area (Å²) >= 11 is 7.34. The lowest BCUT2D eigenvalue weighted by molar-refractivity contribution is 0.0531. The number of nitrogens with one attached hydrogen (secondary N) is 2. The van der Waals surface area contributed by atoms with Gasteiger partial charge in [-0.15, -0.1) is 35.3 Å². The second kappa shape index (κ2) is 12.3. The van der Waals surface area contributed by atoms with Crippen molar-refractivity contribution in [2.24, 2.45) is 4.99 Å². The predicted octanol–water partition coefficient (Wildman–Crippen LogP) is 4.51. The zero-order chi connectivity index (χ0) is 20.7. The molecule has 160 valence electrons. The molecule has 6 nitrogen and oxygen atoms in total. The van der Waals surface area contributed by atoms with Crippen LogP contribution in [0.2, 0.25) is 5.02 Å². The van der Waals surface area contributed by atoms with Gasteiger partial charge in [-0.25, -0.2) is 14.2 Å². The molecule has 1 aromatic heterocycles. The Morgan fingerprint density at radius 1 is 1.45 bits per heavy atom. The van der Waals surface area contributed by atoms with Gasteiger partial charge in [-0.3, -0.25) is 4.99 Å². The number of halogens is 3. The maximum absolute atomic E-state index is 13.8. The number of thiazole rings is 1. The Balaban J connectivity index is 0.00000420. The molecular weight excluding hydrogens is 530 g/mol. The number of hydrogen-bond acceptors (Lipinski definition) is 5. The number of aromatic nitrogens is 1. The second-order valence-corrected chi connectivity index (χ2v) is 7.44. The zero-order valence-electron chi connectivity index (χ0n) is 16.7. The van der Waals surface area contributed by atoms with Crippen molar-refractivity contribution in [1.82, 2.24) is 15.6 Å². The van der Waals surface area contributed by atoms with E-state index in [4.69, 9.17) is 16.3 Å². The summed E-state index contributed by atoms with van der Waals surface area (Å²) in [6.07, 6.45) is 0.421. The van der Waals surface area contributed by atoms with Crippen molar-refractivity contribution in [2.45, 2.75) is 33.2 Å². The average molecular weight is 555 g/mol. The number of hydrogen-bond donors (Lipinski definition) is 2. The number of aryl methyl sites for hydroxylation is 1. The minimum atomic E-state index is -0.361. The van der Waals surface area contributed by atoms with Crippen LogP contribution in [0.15, 0.2) is 23.2 Å². The summed E-state index contributed by atoms with van der Waals surface area (Å²) < 4.78 is 18.9. The molecule has 2 rings (SSSR count). The normalized spacial score (nSPS) is 12.1. The van der Waals surface area contributed by atoms with E-state index in [1.54, 1.807) is 33.0 Å². The molecule has 0 aliphatic carbocycles. The summed E-state index contributed by atoms with van der Waals surface area (Å²) in [7, 11) is 1.65. The standard InChI is InChI=1S/C19H24ClFN4O2S.HI/c1-5-27-18(26)16-11(2)24-17(28-16)12(3)25-19(22-4)23-10-9-13-14(20)7-6-8-15(13)21;/h6-8,12H,5,9-10H2,1-4H3,(H2,22,23,25);1H. The highest BCUT2D eigenvalue weighted by atomic mass is 127. The number of guanidine groups is 1. The molecule has 2 aromatic rings. The van der Waals surface area contributed by atoms with E-state index < -0.39 is 0 Å². The van der Waals surface area contributed by atoms with E-state index >= 15 is 0 Å². The molecule has 1 aromatic carbocycles. The smallest absolute Gasteiger partial charge is 0.350 e. The summed E-state index contributed by atoms with van der Waals surface area (Å²) in [6, 6.07) is 4.47. The maximum Gasteiger partial charge on any atom is 0.350 e. The number of benzene rings is 1. The predicted molar refractivity (Wildman–Crippen MR) is 126 cm³/mol. The van der Waals surface area contributed by atoms with Crippen LogP contribution in [0.3, 0.4) is 0 Å². The molecule has 2 N–H and O–H groups in total. The monoisotopic (exact) mass is 554 g/mol. The number of carbonyl (C=O) groups is 1. The van der Waals surface area contributed by atoms with Crippen LogP contribution in [0.5, 0.6) is 0 Å². The molecular formula is C19H25ClFIN4O2S. The summed E-state index contributed by atoms with van der Waals surface area (Å²) in [5.41, 5.74) is 1.11. The fraction of sp³-hybridized carbons (Fsp3) is 0.421. The van der Waals surface area contributed by atoms with Gasteiger partial charge < -0.3 is 15.4 Å². The Labute approximate surface area is 196 Å². The van der Waals surface area contributed by atoms with Gasteiger partial charge in [0.1, 0.15) is 15.7 Å². The third-order valence-corrected chi connectivity index (χ3v) is 5.62. The van der Waals surface area contributed by atoms with Gasteiger partial charge in [-0.1, -0.05) is 17.7 Å². The van der Waals surface area contributed by atoms with Crippen LogP contribution < -0.4 is 10.6 Å². The van der Waals surface area contributed by atoms with Crippen LogP contribution in [0, 0.1) is 12.7 Å². The molecule has 0 fully saturated rings. The van der Waals surface area contributed by atoms with Gasteiger partial charge in [-0.2, -0.15) is 0 Å². The highest BCUT2D eigenvalue weighted by molar-refractivity contribution is 14.0. The Bertz CT molecular complexity index is 842. The fourth-order valence-electron chi connectivity index (χ4n) is 2.53. The lowest BCUT2D eigenvalue weighted by Crippen LogP contribution is -2.39. The number of esters is 1. The Kier molecular flexibility index (Phi) is 10.8. The van der Waals surface area contributed by atoms with Crippen molar-refractivity contribution in [3.8, 4) is 0 Å². The van der Waals surface area contributed by atoms with Crippen LogP contribution in [-0.2, 0) is 11.2 Å². The number of nitrogens with zero attached hydrogens (tertiary/aromatic N) is 2. The van der Waals surface area contributed by atoms with Crippen molar-refractivity contribution >= 4 is 58.8 Å². The van der Waals surface area contributed by atoms with Crippen molar-refractivity contribution in [1.29, 1.82) is 0 Å². The molecule has 0 saturated heterocycles. The van der Waals surface area contributed by atoms with Gasteiger partial charge in [0.2, 0.25) is 0 Å². The van der Waals surface area contributed by atoms with Crippen LogP contribution in [0.1, 0.15) is 45.8 Å². The lowest BCUT2D eigenvalue weighted by Gasteiger charge is -2.16. The first kappa shape index (κ1) is 25.6. The highest BCUT2D eigenvalue weighted by Crippen LogP contribution is 2.24. The third kappa shape index (κ3) is 7.07. The summed E-state index contributed by atoms with van der Waals surface area (Å²) in [5.74, 6) is -0.138. The van der Waals surface area contributed by atoms with Crippen LogP contribution in [0.25, 0.3) is 0 Å². The van der Waals surface area contributed by atoms with Gasteiger partial charge in [0.05, 0.1) is 18.3 Å². The summed E-state index contributed by atoms with van der Waals surface area (Å²) in [5, 5.41) is 7.51. The molecule has 0 bridgehead atoms. The Hall–Kier alpha value is -1.46. The van der Waals surface area contributed by atoms with E-state index in [0.717, 1.165) is 5.01 Å². The van der Waals surface area contributed by atoms with E-state index in [1.807, 2.05) is 6.92 Å². The van der Waals surface area contributed by atoms with E-state index in [9.17, 15) is 9.18 Å². The first-order chi connectivity index (χ1) is 13.4. The van der Waals surface area contributed by atoms with Crippen molar-refractivity contribution < 1.29 is 13.9 Å². The van der Waals surface area contributed by atoms with Gasteiger partial charge in [0, 0.05) is 24.2 Å². The molecule has 0 amide bonds. The van der Waals surface area contributed by atoms with E-state index in [0.29, 0.717) is 46.7 Å². The number of ether oxygens (including phenoxy) is 1. The minimum Gasteiger partial charge on any atom is -0.462 e. The highest BCUT2D eigenvalue weighted by Gasteiger charge is 2.20. The lowest BCUT2D eigenvalue weighted by atomic mass is 10.1. The van der Waals surface area contributed by atoms with Gasteiger partial charge in [0.15, 0.2) is 5.96 Å². The SMILES string of the molecule is CCOC(=O)c1sc(C(C)NC(=NC)NCCc2c(F)cccc2Cl)nc1C.I. The van der Waals surface area contributed by atoms with Gasteiger partial charge >= 0.3 is 5.97 Å². The van der Waals surface area contributed by atoms with E-state index in [-0.39, 0.29) is 41.8 Å². The molecule has 29 heavy (non-hydrogen) atoms. The van der Waals surface area contributed by atoms with Crippen molar-refractivity contribution in [2.75, 3.05) is 20.2 Å². The average Bonchev–Trinajstić information content (AvgIpc) is 3.05. The molecule has 0 radical (unpaired) electrons. The molecule has 0 saturated carbocycles. The first-order valence-corrected chi connectivity index (χ1v) is 10.1. The van der Waals surface area contributed by atoms with Crippen molar-refractivity contribution in [3.63, 3.8) is 0 Å². The fourth-order valence-corrected chi connectivity index (χ4v) is 3.75. The second-order valence-electron chi connectivity index (χ2n) is 6.00. The van der Waals surface area contributed by atoms with Gasteiger partial charge in [-0.05, 0) is 39.3 Å². The van der Waals surface area contributed by atoms with Crippen LogP contribution in [-0.4, -0.2) is 37.1 Å². The minimum absolute atomic E-state index is 0. The molecule has 0 aliphatic rings. The maximum atomic E-state index is 13.8. The topological polar surface area (TPSA) is 75.6 Å². The Morgan fingerprint density at radius 3 is 2.79 bits per heavy atom. The van der Waals surface area contributed by atoms with E-state index in [1.165, 1.54) is 17.4 Å². The number of rotatable bonds is 7. The first-order valence-electron chi connectivity index (χ1n) is 8.91. The third-order valence-electron chi connectivity index (χ3n) is 3.95. The molecule has 1 heterocycles. The van der Waals surface area contributed by atoms with Crippen LogP contribution >= 0.6 is 46.9 Å². The quantitative estimate of drug-likeness (QED) is 0.228. The summed E-state index contributed by atoms with van der Waals surface area (Å²) in [6.45, 7) is 6.25. The Morgan fingerprint density at radius 2 is 2.17 bits per heavy atom. The van der Waals surface area contributed by atoms with Crippen molar-refractivity contribution in [3.05, 3.63) is 50.2 Å². The molecule has 10 heteroatoms. The molecule has 0 aliphatic heterocycles. The zero-order valence-corrected chi connectivity index (χ0v) is 20.6. The molecule has 1 atom stereocenters. The number of carbonyl (C=O) groups excluding carboxylic acids is 1. The van der Waals surface area contributed by atoms with Gasteiger partial charge in [0.25, 0.3) is 0 Å². The molecule has 0 spiro atoms. The van der Waals surface area contributed by atoms with Crippen LogP contribution in [0.4, 0.5) is 4.39 Å². The molecule has 1 unspecified atom stereocenters.